The van der Waals surface area contributed by atoms with Gasteiger partial charge in [0.05, 0.1) is 25.3 Å². The second-order valence-corrected chi connectivity index (χ2v) is 8.01. The summed E-state index contributed by atoms with van der Waals surface area (Å²) in [6.07, 6.45) is 0. The average Bonchev–Trinajstić information content (AvgIpc) is 2.77. The van der Waals surface area contributed by atoms with E-state index in [1.165, 1.54) is 5.56 Å². The van der Waals surface area contributed by atoms with Crippen LogP contribution in [0.3, 0.4) is 0 Å². The summed E-state index contributed by atoms with van der Waals surface area (Å²) in [7, 11) is 0. The molecule has 1 aromatic carbocycles. The van der Waals surface area contributed by atoms with Crippen LogP contribution < -0.4 is 5.32 Å². The minimum Gasteiger partial charge on any atom is -0.378 e. The van der Waals surface area contributed by atoms with Crippen molar-refractivity contribution in [2.45, 2.75) is 39.4 Å². The van der Waals surface area contributed by atoms with Gasteiger partial charge in [0.25, 0.3) is 0 Å². The van der Waals surface area contributed by atoms with E-state index < -0.39 is 0 Å². The van der Waals surface area contributed by atoms with Gasteiger partial charge in [-0.05, 0) is 31.9 Å². The number of carbonyl (C=O) groups is 2. The lowest BCUT2D eigenvalue weighted by atomic mass is 10.1. The first kappa shape index (κ1) is 21.7. The molecule has 0 spiro atoms. The molecule has 29 heavy (non-hydrogen) atoms. The zero-order chi connectivity index (χ0) is 20.8. The molecule has 2 atom stereocenters. The average molecular weight is 403 g/mol. The molecule has 2 unspecified atom stereocenters. The van der Waals surface area contributed by atoms with Crippen LogP contribution in [-0.2, 0) is 20.9 Å². The van der Waals surface area contributed by atoms with Crippen LogP contribution in [0, 0.1) is 6.92 Å². The lowest BCUT2D eigenvalue weighted by Crippen LogP contribution is -2.58. The van der Waals surface area contributed by atoms with Crippen molar-refractivity contribution in [3.63, 3.8) is 0 Å². The summed E-state index contributed by atoms with van der Waals surface area (Å²) in [5.41, 5.74) is 2.33. The summed E-state index contributed by atoms with van der Waals surface area (Å²) in [6.45, 7) is 12.4. The molecule has 0 aromatic heterocycles. The molecular weight excluding hydrogens is 368 g/mol. The molecule has 1 N–H and O–H groups in total. The molecule has 2 heterocycles. The number of morpholine rings is 1. The van der Waals surface area contributed by atoms with Crippen LogP contribution in [0.1, 0.15) is 25.0 Å². The van der Waals surface area contributed by atoms with Gasteiger partial charge < -0.3 is 15.0 Å². The molecule has 0 saturated carbocycles. The second-order valence-electron chi connectivity index (χ2n) is 8.01. The van der Waals surface area contributed by atoms with Crippen LogP contribution in [0.15, 0.2) is 24.3 Å². The van der Waals surface area contributed by atoms with Gasteiger partial charge in [0, 0.05) is 45.8 Å². The lowest BCUT2D eigenvalue weighted by molar-refractivity contribution is -0.141. The molecule has 7 heteroatoms. The normalized spacial score (nSPS) is 20.9. The predicted octanol–water partition coefficient (Wildman–Crippen LogP) is 0.865. The minimum atomic E-state index is -0.175. The van der Waals surface area contributed by atoms with E-state index in [1.807, 2.05) is 36.9 Å². The number of hydrogen-bond donors (Lipinski definition) is 1. The zero-order valence-electron chi connectivity index (χ0n) is 17.9. The number of rotatable bonds is 6. The Bertz CT molecular complexity index is 697. The molecule has 2 aliphatic heterocycles. The van der Waals surface area contributed by atoms with Gasteiger partial charge in [-0.2, -0.15) is 0 Å². The maximum Gasteiger partial charge on any atom is 0.239 e. The first-order valence-electron chi connectivity index (χ1n) is 10.6. The highest BCUT2D eigenvalue weighted by Gasteiger charge is 2.31. The Morgan fingerprint density at radius 2 is 1.55 bits per heavy atom. The molecule has 0 bridgehead atoms. The van der Waals surface area contributed by atoms with Crippen molar-refractivity contribution in [2.24, 2.45) is 0 Å². The summed E-state index contributed by atoms with van der Waals surface area (Å²) in [5, 5.41) is 3.07. The molecule has 3 rings (SSSR count). The first-order valence-corrected chi connectivity index (χ1v) is 10.6. The number of ether oxygens (including phenoxy) is 1. The Hall–Kier alpha value is -1.96. The fourth-order valence-electron chi connectivity index (χ4n) is 4.02. The van der Waals surface area contributed by atoms with E-state index in [1.54, 1.807) is 0 Å². The van der Waals surface area contributed by atoms with Crippen LogP contribution in [0.5, 0.6) is 0 Å². The van der Waals surface area contributed by atoms with E-state index >= 15 is 0 Å². The van der Waals surface area contributed by atoms with Crippen molar-refractivity contribution in [1.82, 2.24) is 20.0 Å². The van der Waals surface area contributed by atoms with E-state index in [0.717, 1.165) is 31.7 Å². The lowest BCUT2D eigenvalue weighted by Gasteiger charge is -2.41. The second kappa shape index (κ2) is 10.2. The standard InChI is InChI=1S/C22H34N4O3/c1-17-6-4-5-7-20(17)16-23-21(27)18(2)24-8-10-25(11-9-24)19(3)22(28)26-12-14-29-15-13-26/h4-7,18-19H,8-16H2,1-3H3,(H,23,27). The fourth-order valence-corrected chi connectivity index (χ4v) is 4.02. The Morgan fingerprint density at radius 1 is 0.966 bits per heavy atom. The number of nitrogens with one attached hydrogen (secondary N) is 1. The fraction of sp³-hybridized carbons (Fsp3) is 0.636. The molecular formula is C22H34N4O3. The molecule has 2 saturated heterocycles. The quantitative estimate of drug-likeness (QED) is 0.765. The molecule has 0 radical (unpaired) electrons. The highest BCUT2D eigenvalue weighted by Crippen LogP contribution is 2.13. The third kappa shape index (κ3) is 5.56. The number of amides is 2. The van der Waals surface area contributed by atoms with Gasteiger partial charge in [-0.3, -0.25) is 19.4 Å². The number of hydrogen-bond acceptors (Lipinski definition) is 5. The number of aryl methyl sites for hydroxylation is 1. The van der Waals surface area contributed by atoms with Crippen molar-refractivity contribution in [2.75, 3.05) is 52.5 Å². The predicted molar refractivity (Wildman–Crippen MR) is 112 cm³/mol. The Balaban J connectivity index is 1.44. The maximum atomic E-state index is 12.7. The topological polar surface area (TPSA) is 65.1 Å². The maximum absolute atomic E-state index is 12.7. The minimum absolute atomic E-state index is 0.0548. The highest BCUT2D eigenvalue weighted by molar-refractivity contribution is 5.82. The summed E-state index contributed by atoms with van der Waals surface area (Å²) in [4.78, 5) is 31.7. The molecule has 2 fully saturated rings. The van der Waals surface area contributed by atoms with E-state index in [2.05, 4.69) is 28.1 Å². The van der Waals surface area contributed by atoms with E-state index in [4.69, 9.17) is 4.74 Å². The van der Waals surface area contributed by atoms with Crippen LogP contribution in [0.25, 0.3) is 0 Å². The van der Waals surface area contributed by atoms with Crippen molar-refractivity contribution in [3.8, 4) is 0 Å². The van der Waals surface area contributed by atoms with Crippen molar-refractivity contribution in [3.05, 3.63) is 35.4 Å². The summed E-state index contributed by atoms with van der Waals surface area (Å²) in [5.74, 6) is 0.241. The van der Waals surface area contributed by atoms with Gasteiger partial charge in [-0.25, -0.2) is 0 Å². The molecule has 7 nitrogen and oxygen atoms in total. The van der Waals surface area contributed by atoms with Crippen LogP contribution in [0.4, 0.5) is 0 Å². The van der Waals surface area contributed by atoms with Crippen molar-refractivity contribution in [1.29, 1.82) is 0 Å². The van der Waals surface area contributed by atoms with Gasteiger partial charge in [0.2, 0.25) is 11.8 Å². The third-order valence-electron chi connectivity index (χ3n) is 6.22. The summed E-state index contributed by atoms with van der Waals surface area (Å²) >= 11 is 0. The van der Waals surface area contributed by atoms with Crippen molar-refractivity contribution < 1.29 is 14.3 Å². The first-order chi connectivity index (χ1) is 14.0. The number of nitrogens with zero attached hydrogens (tertiary/aromatic N) is 3. The number of carbonyl (C=O) groups excluding carboxylic acids is 2. The molecule has 1 aromatic rings. The largest absolute Gasteiger partial charge is 0.378 e. The van der Waals surface area contributed by atoms with Gasteiger partial charge in [0.1, 0.15) is 0 Å². The SMILES string of the molecule is Cc1ccccc1CNC(=O)C(C)N1CCN(C(C)C(=O)N2CCOCC2)CC1. The summed E-state index contributed by atoms with van der Waals surface area (Å²) < 4.78 is 5.34. The molecule has 0 aliphatic carbocycles. The molecule has 2 aliphatic rings. The van der Waals surface area contributed by atoms with Gasteiger partial charge in [0.15, 0.2) is 0 Å². The van der Waals surface area contributed by atoms with Crippen LogP contribution in [0.2, 0.25) is 0 Å². The Labute approximate surface area is 174 Å². The highest BCUT2D eigenvalue weighted by atomic mass is 16.5. The van der Waals surface area contributed by atoms with E-state index in [-0.39, 0.29) is 23.9 Å². The Kier molecular flexibility index (Phi) is 7.64. The zero-order valence-corrected chi connectivity index (χ0v) is 17.9. The van der Waals surface area contributed by atoms with Gasteiger partial charge in [-0.15, -0.1) is 0 Å². The molecule has 2 amide bonds. The third-order valence-corrected chi connectivity index (χ3v) is 6.22. The Morgan fingerprint density at radius 3 is 2.17 bits per heavy atom. The van der Waals surface area contributed by atoms with Gasteiger partial charge >= 0.3 is 0 Å². The smallest absolute Gasteiger partial charge is 0.239 e. The monoisotopic (exact) mass is 402 g/mol. The van der Waals surface area contributed by atoms with Crippen LogP contribution in [-0.4, -0.2) is 91.1 Å². The van der Waals surface area contributed by atoms with Gasteiger partial charge in [-0.1, -0.05) is 24.3 Å². The summed E-state index contributed by atoms with van der Waals surface area (Å²) in [6, 6.07) is 7.81. The number of piperazine rings is 1. The van der Waals surface area contributed by atoms with E-state index in [0.29, 0.717) is 32.8 Å². The molecule has 160 valence electrons. The number of benzene rings is 1. The van der Waals surface area contributed by atoms with E-state index in [9.17, 15) is 9.59 Å². The van der Waals surface area contributed by atoms with Crippen LogP contribution >= 0.6 is 0 Å². The van der Waals surface area contributed by atoms with Crippen molar-refractivity contribution >= 4 is 11.8 Å².